The van der Waals surface area contributed by atoms with E-state index < -0.39 is 47.3 Å². The minimum absolute atomic E-state index is 0.244. The molecule has 6 nitrogen and oxygen atoms in total. The number of carbonyl (C=O) groups is 2. The average Bonchev–Trinajstić information content (AvgIpc) is 2.73. The van der Waals surface area contributed by atoms with Crippen LogP contribution in [0, 0.1) is 11.6 Å². The lowest BCUT2D eigenvalue weighted by Gasteiger charge is -2.26. The third kappa shape index (κ3) is 3.48. The van der Waals surface area contributed by atoms with Gasteiger partial charge in [-0.1, -0.05) is 0 Å². The standard InChI is InChI=1S/C15H18F2N2O4/c1-7(2)18-14(22)12-13(21)11(20)6-19(12)15(23)9-4-3-8(16)5-10(9)17/h3-5,7,11-13,20-21H,6H2,1-2H3,(H,18,22)/t11-,12?,13+/m0/s1. The van der Waals surface area contributed by atoms with Crippen molar-refractivity contribution in [1.82, 2.24) is 10.2 Å². The van der Waals surface area contributed by atoms with Gasteiger partial charge in [0.1, 0.15) is 29.9 Å². The number of carbonyl (C=O) groups excluding carboxylic acids is 2. The Morgan fingerprint density at radius 2 is 1.96 bits per heavy atom. The quantitative estimate of drug-likeness (QED) is 0.731. The number of β-amino-alcohol motifs (C(OH)–C–C–N with tert-alkyl or cyclic N) is 1. The maximum Gasteiger partial charge on any atom is 0.257 e. The monoisotopic (exact) mass is 328 g/mol. The van der Waals surface area contributed by atoms with Crippen LogP contribution in [0.25, 0.3) is 0 Å². The van der Waals surface area contributed by atoms with E-state index in [2.05, 4.69) is 5.32 Å². The van der Waals surface area contributed by atoms with Gasteiger partial charge in [0.25, 0.3) is 5.91 Å². The van der Waals surface area contributed by atoms with Crippen molar-refractivity contribution in [1.29, 1.82) is 0 Å². The maximum absolute atomic E-state index is 13.8. The molecule has 1 heterocycles. The van der Waals surface area contributed by atoms with Crippen molar-refractivity contribution in [2.45, 2.75) is 38.1 Å². The smallest absolute Gasteiger partial charge is 0.257 e. The van der Waals surface area contributed by atoms with Gasteiger partial charge in [0, 0.05) is 12.1 Å². The van der Waals surface area contributed by atoms with Crippen LogP contribution < -0.4 is 5.32 Å². The van der Waals surface area contributed by atoms with E-state index in [1.54, 1.807) is 13.8 Å². The molecule has 8 heteroatoms. The lowest BCUT2D eigenvalue weighted by molar-refractivity contribution is -0.128. The second-order valence-electron chi connectivity index (χ2n) is 5.75. The summed E-state index contributed by atoms with van der Waals surface area (Å²) < 4.78 is 26.7. The Hall–Kier alpha value is -2.06. The average molecular weight is 328 g/mol. The zero-order valence-electron chi connectivity index (χ0n) is 12.7. The number of hydrogen-bond donors (Lipinski definition) is 3. The number of likely N-dealkylation sites (tertiary alicyclic amines) is 1. The summed E-state index contributed by atoms with van der Waals surface area (Å²) in [5.74, 6) is -3.47. The van der Waals surface area contributed by atoms with Gasteiger partial charge in [-0.3, -0.25) is 9.59 Å². The molecule has 1 aliphatic rings. The third-order valence-corrected chi connectivity index (χ3v) is 3.56. The van der Waals surface area contributed by atoms with Gasteiger partial charge in [-0.15, -0.1) is 0 Å². The number of nitrogens with zero attached hydrogens (tertiary/aromatic N) is 1. The Balaban J connectivity index is 2.31. The molecule has 23 heavy (non-hydrogen) atoms. The Kier molecular flexibility index (Phi) is 4.96. The minimum Gasteiger partial charge on any atom is -0.388 e. The summed E-state index contributed by atoms with van der Waals surface area (Å²) in [5, 5.41) is 22.3. The van der Waals surface area contributed by atoms with Gasteiger partial charge in [0.05, 0.1) is 12.1 Å². The SMILES string of the molecule is CC(C)NC(=O)C1[C@H](O)[C@@H](O)CN1C(=O)c1ccc(F)cc1F. The highest BCUT2D eigenvalue weighted by molar-refractivity contribution is 5.98. The second kappa shape index (κ2) is 6.59. The zero-order valence-corrected chi connectivity index (χ0v) is 12.7. The van der Waals surface area contributed by atoms with Crippen molar-refractivity contribution in [3.05, 3.63) is 35.4 Å². The van der Waals surface area contributed by atoms with E-state index in [-0.39, 0.29) is 12.6 Å². The lowest BCUT2D eigenvalue weighted by atomic mass is 10.1. The van der Waals surface area contributed by atoms with Crippen LogP contribution in [-0.4, -0.2) is 57.8 Å². The molecule has 0 aliphatic carbocycles. The Labute approximate surface area is 131 Å². The topological polar surface area (TPSA) is 89.9 Å². The second-order valence-corrected chi connectivity index (χ2v) is 5.75. The first-order valence-electron chi connectivity index (χ1n) is 7.15. The summed E-state index contributed by atoms with van der Waals surface area (Å²) in [6.45, 7) is 3.07. The first-order chi connectivity index (χ1) is 10.7. The molecule has 1 fully saturated rings. The van der Waals surface area contributed by atoms with Crippen molar-refractivity contribution in [2.75, 3.05) is 6.54 Å². The van der Waals surface area contributed by atoms with Gasteiger partial charge in [-0.05, 0) is 26.0 Å². The van der Waals surface area contributed by atoms with Crippen molar-refractivity contribution >= 4 is 11.8 Å². The summed E-state index contributed by atoms with van der Waals surface area (Å²) >= 11 is 0. The number of aliphatic hydroxyl groups is 2. The van der Waals surface area contributed by atoms with Crippen LogP contribution in [0.15, 0.2) is 18.2 Å². The predicted molar refractivity (Wildman–Crippen MR) is 76.5 cm³/mol. The highest BCUT2D eigenvalue weighted by atomic mass is 19.1. The molecule has 2 amide bonds. The van der Waals surface area contributed by atoms with Gasteiger partial charge in [0.15, 0.2) is 0 Å². The molecule has 0 spiro atoms. The molecule has 1 unspecified atom stereocenters. The molecular weight excluding hydrogens is 310 g/mol. The highest BCUT2D eigenvalue weighted by Gasteiger charge is 2.47. The molecule has 0 aromatic heterocycles. The molecule has 0 saturated carbocycles. The van der Waals surface area contributed by atoms with Gasteiger partial charge < -0.3 is 20.4 Å². The van der Waals surface area contributed by atoms with Crippen molar-refractivity contribution < 1.29 is 28.6 Å². The summed E-state index contributed by atoms with van der Waals surface area (Å²) in [6, 6.07) is 0.847. The normalized spacial score (nSPS) is 24.1. The van der Waals surface area contributed by atoms with Gasteiger partial charge in [-0.25, -0.2) is 8.78 Å². The van der Waals surface area contributed by atoms with E-state index in [1.165, 1.54) is 0 Å². The van der Waals surface area contributed by atoms with E-state index in [4.69, 9.17) is 0 Å². The summed E-state index contributed by atoms with van der Waals surface area (Å²) in [6.07, 6.45) is -2.81. The van der Waals surface area contributed by atoms with Gasteiger partial charge in [-0.2, -0.15) is 0 Å². The molecule has 1 aromatic rings. The highest BCUT2D eigenvalue weighted by Crippen LogP contribution is 2.23. The van der Waals surface area contributed by atoms with Crippen LogP contribution >= 0.6 is 0 Å². The van der Waals surface area contributed by atoms with Gasteiger partial charge in [0.2, 0.25) is 5.91 Å². The number of nitrogens with one attached hydrogen (secondary N) is 1. The maximum atomic E-state index is 13.8. The van der Waals surface area contributed by atoms with Crippen molar-refractivity contribution in [3.63, 3.8) is 0 Å². The minimum atomic E-state index is -1.48. The number of aliphatic hydroxyl groups excluding tert-OH is 2. The Bertz CT molecular complexity index is 623. The first kappa shape index (κ1) is 17.3. The predicted octanol–water partition coefficient (Wildman–Crippen LogP) is 0.0356. The summed E-state index contributed by atoms with van der Waals surface area (Å²) in [4.78, 5) is 25.5. The largest absolute Gasteiger partial charge is 0.388 e. The molecular formula is C15H18F2N2O4. The van der Waals surface area contributed by atoms with Crippen LogP contribution in [0.2, 0.25) is 0 Å². The molecule has 126 valence electrons. The Morgan fingerprint density at radius 3 is 2.52 bits per heavy atom. The zero-order chi connectivity index (χ0) is 17.3. The lowest BCUT2D eigenvalue weighted by Crippen LogP contribution is -2.52. The van der Waals surface area contributed by atoms with E-state index in [0.29, 0.717) is 6.07 Å². The molecule has 0 bridgehead atoms. The molecule has 1 aliphatic heterocycles. The van der Waals surface area contributed by atoms with E-state index >= 15 is 0 Å². The summed E-state index contributed by atoms with van der Waals surface area (Å²) in [5.41, 5.74) is -0.435. The molecule has 0 radical (unpaired) electrons. The Morgan fingerprint density at radius 1 is 1.30 bits per heavy atom. The number of hydrogen-bond acceptors (Lipinski definition) is 4. The van der Waals surface area contributed by atoms with E-state index in [9.17, 15) is 28.6 Å². The molecule has 1 saturated heterocycles. The molecule has 1 aromatic carbocycles. The number of amides is 2. The summed E-state index contributed by atoms with van der Waals surface area (Å²) in [7, 11) is 0. The van der Waals surface area contributed by atoms with Crippen molar-refractivity contribution in [3.8, 4) is 0 Å². The van der Waals surface area contributed by atoms with E-state index in [1.807, 2.05) is 0 Å². The molecule has 2 rings (SSSR count). The fourth-order valence-electron chi connectivity index (χ4n) is 2.51. The fourth-order valence-corrected chi connectivity index (χ4v) is 2.51. The molecule has 3 N–H and O–H groups in total. The van der Waals surface area contributed by atoms with Crippen LogP contribution in [0.1, 0.15) is 24.2 Å². The van der Waals surface area contributed by atoms with Crippen LogP contribution in [0.5, 0.6) is 0 Å². The number of halogens is 2. The van der Waals surface area contributed by atoms with Gasteiger partial charge >= 0.3 is 0 Å². The number of benzene rings is 1. The fraction of sp³-hybridized carbons (Fsp3) is 0.467. The van der Waals surface area contributed by atoms with Crippen LogP contribution in [0.4, 0.5) is 8.78 Å². The van der Waals surface area contributed by atoms with E-state index in [0.717, 1.165) is 17.0 Å². The van der Waals surface area contributed by atoms with Crippen LogP contribution in [0.3, 0.4) is 0 Å². The number of rotatable bonds is 3. The van der Waals surface area contributed by atoms with Crippen molar-refractivity contribution in [2.24, 2.45) is 0 Å². The third-order valence-electron chi connectivity index (χ3n) is 3.56. The van der Waals surface area contributed by atoms with Crippen LogP contribution in [-0.2, 0) is 4.79 Å². The molecule has 3 atom stereocenters. The first-order valence-corrected chi connectivity index (χ1v) is 7.15.